The van der Waals surface area contributed by atoms with Crippen LogP contribution in [0.5, 0.6) is 0 Å². The third-order valence-corrected chi connectivity index (χ3v) is 24.3. The van der Waals surface area contributed by atoms with Crippen LogP contribution in [0.1, 0.15) is 0 Å². The van der Waals surface area contributed by atoms with E-state index in [4.69, 9.17) is 19.9 Å². The molecule has 18 aromatic carbocycles. The van der Waals surface area contributed by atoms with Crippen molar-refractivity contribution in [2.75, 3.05) is 0 Å². The van der Waals surface area contributed by atoms with Crippen LogP contribution in [0.25, 0.3) is 222 Å². The molecule has 0 radical (unpaired) electrons. The Bertz CT molecular complexity index is 7990. The highest BCUT2D eigenvalue weighted by Gasteiger charge is 2.24. The highest BCUT2D eigenvalue weighted by Crippen LogP contribution is 2.44. The minimum absolute atomic E-state index is 0.568. The summed E-state index contributed by atoms with van der Waals surface area (Å²) in [6.45, 7) is 0. The molecule has 24 rings (SSSR count). The lowest BCUT2D eigenvalue weighted by molar-refractivity contribution is 0.953. The van der Waals surface area contributed by atoms with E-state index in [-0.39, 0.29) is 0 Å². The van der Waals surface area contributed by atoms with Crippen molar-refractivity contribution in [1.82, 2.24) is 38.2 Å². The van der Waals surface area contributed by atoms with Gasteiger partial charge in [-0.1, -0.05) is 340 Å². The number of benzene rings is 18. The fourth-order valence-electron chi connectivity index (χ4n) is 18.3. The van der Waals surface area contributed by atoms with Crippen LogP contribution in [0.2, 0.25) is 0 Å². The van der Waals surface area contributed by atoms with Gasteiger partial charge >= 0.3 is 0 Å². The summed E-state index contributed by atoms with van der Waals surface area (Å²) in [5, 5.41) is 9.55. The second-order valence-corrected chi connectivity index (χ2v) is 31.7. The molecule has 24 aromatic rings. The van der Waals surface area contributed by atoms with E-state index in [2.05, 4.69) is 467 Å². The summed E-state index contributed by atoms with van der Waals surface area (Å²) in [6, 6.07) is 165. The van der Waals surface area contributed by atoms with E-state index in [9.17, 15) is 0 Å². The molecule has 0 N–H and O–H groups in total. The molecule has 0 fully saturated rings. The van der Waals surface area contributed by atoms with Crippen molar-refractivity contribution in [2.45, 2.75) is 0 Å². The lowest BCUT2D eigenvalue weighted by Crippen LogP contribution is -2.06. The number of hydrogen-bond acceptors (Lipinski definition) is 4. The van der Waals surface area contributed by atoms with Crippen LogP contribution in [-0.4, -0.2) is 38.2 Å². The van der Waals surface area contributed by atoms with Crippen LogP contribution in [0, 0.1) is 0 Å². The summed E-state index contributed by atoms with van der Waals surface area (Å²) >= 11 is 0. The van der Waals surface area contributed by atoms with Crippen LogP contribution in [0.3, 0.4) is 0 Å². The van der Waals surface area contributed by atoms with Crippen molar-refractivity contribution in [3.05, 3.63) is 461 Å². The van der Waals surface area contributed by atoms with Crippen LogP contribution in [0.4, 0.5) is 0 Å². The van der Waals surface area contributed by atoms with Crippen LogP contribution >= 0.6 is 0 Å². The Morgan fingerprint density at radius 1 is 0.137 bits per heavy atom. The van der Waals surface area contributed by atoms with E-state index in [0.29, 0.717) is 17.6 Å². The van der Waals surface area contributed by atoms with Crippen LogP contribution in [-0.2, 0) is 0 Å². The van der Waals surface area contributed by atoms with Gasteiger partial charge in [-0.2, -0.15) is 9.97 Å². The van der Waals surface area contributed by atoms with Crippen molar-refractivity contribution >= 4 is 87.2 Å². The molecule has 0 saturated carbocycles. The zero-order valence-electron chi connectivity index (χ0n) is 67.5. The van der Waals surface area contributed by atoms with Gasteiger partial charge in [-0.15, -0.1) is 0 Å². The second-order valence-electron chi connectivity index (χ2n) is 31.7. The molecule has 0 amide bonds. The number of rotatable bonds is 14. The van der Waals surface area contributed by atoms with Crippen molar-refractivity contribution < 1.29 is 0 Å². The number of nitrogens with zero attached hydrogens (tertiary/aromatic N) is 8. The van der Waals surface area contributed by atoms with Crippen molar-refractivity contribution in [3.8, 4) is 135 Å². The van der Waals surface area contributed by atoms with Crippen LogP contribution in [0.15, 0.2) is 461 Å². The van der Waals surface area contributed by atoms with Gasteiger partial charge in [0.15, 0.2) is 11.6 Å². The lowest BCUT2D eigenvalue weighted by atomic mass is 9.98. The maximum absolute atomic E-state index is 5.41. The molecule has 0 spiro atoms. The first-order chi connectivity index (χ1) is 61.5. The summed E-state index contributed by atoms with van der Waals surface area (Å²) in [4.78, 5) is 21.0. The zero-order chi connectivity index (χ0) is 82.0. The smallest absolute Gasteiger partial charge is 0.238 e. The molecule has 8 nitrogen and oxygen atoms in total. The monoisotopic (exact) mass is 1580 g/mol. The standard InChI is InChI=1S/C59H39N3.C57H37N5/c1-6-16-40(17-7-1)44-26-30-55-50(34-44)51-36-46(28-31-56(51)61(55)49-24-14-5-15-25-49)47-29-33-58-53(37-47)52-35-45(41-18-8-2-9-19-41)27-32-57(52)62(58)59-39-48(42-20-10-3-11-21-42)38-54(60-59)43-22-12-4-13-23-43;1-4-14-38(15-5-1)40-24-28-42(29-25-40)55-58-56(43-30-26-41(27-31-43)39-16-6-2-7-17-39)60-57(59-55)62-52-23-13-11-21-48(52)50-37-45(33-35-54(50)62)44-32-34-53-49(36-44)47-20-10-12-22-51(47)61(53)46-18-8-3-9-19-46/h1-39H;1-37H. The summed E-state index contributed by atoms with van der Waals surface area (Å²) in [6.07, 6.45) is 0. The Kier molecular flexibility index (Phi) is 18.1. The first kappa shape index (κ1) is 72.5. The van der Waals surface area contributed by atoms with E-state index in [1.165, 1.54) is 87.8 Å². The quantitative estimate of drug-likeness (QED) is 0.109. The third-order valence-electron chi connectivity index (χ3n) is 24.3. The summed E-state index contributed by atoms with van der Waals surface area (Å²) < 4.78 is 9.30. The molecular formula is C116H76N8. The minimum Gasteiger partial charge on any atom is -0.309 e. The van der Waals surface area contributed by atoms with E-state index < -0.39 is 0 Å². The average Bonchev–Trinajstić information content (AvgIpc) is 1.58. The summed E-state index contributed by atoms with van der Waals surface area (Å²) in [7, 11) is 0. The van der Waals surface area contributed by atoms with E-state index in [1.54, 1.807) is 0 Å². The summed E-state index contributed by atoms with van der Waals surface area (Å²) in [5.41, 5.74) is 31.5. The van der Waals surface area contributed by atoms with Crippen molar-refractivity contribution in [1.29, 1.82) is 0 Å². The molecule has 0 aliphatic heterocycles. The number of fused-ring (bicyclic) bond motifs is 12. The molecule has 0 atom stereocenters. The van der Waals surface area contributed by atoms with Crippen molar-refractivity contribution in [2.24, 2.45) is 0 Å². The minimum atomic E-state index is 0.568. The van der Waals surface area contributed by atoms with E-state index in [1.807, 2.05) is 12.1 Å². The molecule has 0 aliphatic carbocycles. The van der Waals surface area contributed by atoms with Crippen molar-refractivity contribution in [3.63, 3.8) is 0 Å². The first-order valence-electron chi connectivity index (χ1n) is 42.1. The average molecular weight is 1580 g/mol. The predicted octanol–water partition coefficient (Wildman–Crippen LogP) is 30.0. The van der Waals surface area contributed by atoms with Gasteiger partial charge in [0.05, 0.1) is 49.8 Å². The van der Waals surface area contributed by atoms with Gasteiger partial charge in [-0.05, 0) is 199 Å². The highest BCUT2D eigenvalue weighted by atomic mass is 15.2. The number of hydrogen-bond donors (Lipinski definition) is 0. The largest absolute Gasteiger partial charge is 0.309 e. The van der Waals surface area contributed by atoms with Gasteiger partial charge in [-0.3, -0.25) is 9.13 Å². The zero-order valence-corrected chi connectivity index (χ0v) is 67.5. The predicted molar refractivity (Wildman–Crippen MR) is 516 cm³/mol. The van der Waals surface area contributed by atoms with Gasteiger partial charge in [0.1, 0.15) is 5.82 Å². The maximum Gasteiger partial charge on any atom is 0.238 e. The highest BCUT2D eigenvalue weighted by molar-refractivity contribution is 6.16. The Morgan fingerprint density at radius 2 is 0.379 bits per heavy atom. The molecule has 8 heteroatoms. The molecule has 124 heavy (non-hydrogen) atoms. The Morgan fingerprint density at radius 3 is 0.742 bits per heavy atom. The molecule has 6 aromatic heterocycles. The molecular weight excluding hydrogens is 1510 g/mol. The number of para-hydroxylation sites is 4. The van der Waals surface area contributed by atoms with Gasteiger partial charge < -0.3 is 9.13 Å². The Hall–Kier alpha value is -16.7. The Balaban J connectivity index is 0.000000143. The Labute approximate surface area is 716 Å². The number of pyridine rings is 1. The molecule has 0 aliphatic rings. The molecule has 0 bridgehead atoms. The maximum atomic E-state index is 5.41. The number of aromatic nitrogens is 8. The molecule has 580 valence electrons. The van der Waals surface area contributed by atoms with Crippen LogP contribution < -0.4 is 0 Å². The van der Waals surface area contributed by atoms with Gasteiger partial charge in [0, 0.05) is 71.2 Å². The second kappa shape index (κ2) is 30.9. The first-order valence-corrected chi connectivity index (χ1v) is 42.1. The summed E-state index contributed by atoms with van der Waals surface area (Å²) in [5.74, 6) is 2.68. The van der Waals surface area contributed by atoms with Gasteiger partial charge in [0.2, 0.25) is 5.95 Å². The lowest BCUT2D eigenvalue weighted by Gasteiger charge is -2.13. The fraction of sp³-hybridized carbons (Fsp3) is 0. The van der Waals surface area contributed by atoms with Gasteiger partial charge in [0.25, 0.3) is 0 Å². The van der Waals surface area contributed by atoms with E-state index in [0.717, 1.165) is 117 Å². The van der Waals surface area contributed by atoms with E-state index >= 15 is 0 Å². The third kappa shape index (κ3) is 13.1. The normalized spacial score (nSPS) is 11.5. The SMILES string of the molecule is c1ccc(-c2cc(-c3ccccc3)nc(-n3c4ccc(-c5ccccc5)cc4c4cc(-c5ccc6c(c5)c5cc(-c7ccccc7)ccc5n6-c5ccccc5)ccc43)c2)cc1.c1ccc(-c2ccc(-c3nc(-c4ccc(-c5ccccc5)cc4)nc(-n4c5ccccc5c5cc(-c6ccc7c(c6)c6ccccc6n7-c6ccccc6)ccc54)n3)cc2)cc1. The molecule has 0 saturated heterocycles. The van der Waals surface area contributed by atoms with Gasteiger partial charge in [-0.25, -0.2) is 9.97 Å². The fourth-order valence-corrected chi connectivity index (χ4v) is 18.3. The topological polar surface area (TPSA) is 71.3 Å². The molecule has 0 unspecified atom stereocenters. The molecule has 6 heterocycles.